The SMILES string of the molecule is O=S(=O)(NCCC1=CCCCC1)c1ccc(S(=O)(=O)N2CCCC2)cc1. The number of nitrogens with zero attached hydrogens (tertiary/aromatic N) is 1. The van der Waals surface area contributed by atoms with E-state index in [1.54, 1.807) is 0 Å². The third kappa shape index (κ3) is 4.54. The first-order valence-electron chi connectivity index (χ1n) is 9.17. The topological polar surface area (TPSA) is 83.5 Å². The number of allylic oxidation sites excluding steroid dienone is 1. The van der Waals surface area contributed by atoms with Crippen LogP contribution in [0, 0.1) is 0 Å². The molecule has 1 aliphatic heterocycles. The predicted octanol–water partition coefficient (Wildman–Crippen LogP) is 2.64. The molecule has 2 aliphatic rings. The first-order valence-corrected chi connectivity index (χ1v) is 12.1. The van der Waals surface area contributed by atoms with Crippen LogP contribution < -0.4 is 4.72 Å². The molecule has 1 saturated heterocycles. The summed E-state index contributed by atoms with van der Waals surface area (Å²) < 4.78 is 53.9. The van der Waals surface area contributed by atoms with E-state index in [4.69, 9.17) is 0 Å². The lowest BCUT2D eigenvalue weighted by Crippen LogP contribution is -2.28. The van der Waals surface area contributed by atoms with Crippen molar-refractivity contribution >= 4 is 20.0 Å². The zero-order valence-corrected chi connectivity index (χ0v) is 16.5. The Balaban J connectivity index is 1.64. The highest BCUT2D eigenvalue weighted by molar-refractivity contribution is 7.89. The van der Waals surface area contributed by atoms with Crippen LogP contribution in [0.1, 0.15) is 44.9 Å². The third-order valence-electron chi connectivity index (χ3n) is 4.96. The second kappa shape index (κ2) is 8.21. The normalized spacial score (nSPS) is 19.5. The van der Waals surface area contributed by atoms with E-state index in [-0.39, 0.29) is 9.79 Å². The van der Waals surface area contributed by atoms with Crippen molar-refractivity contribution in [2.75, 3.05) is 19.6 Å². The van der Waals surface area contributed by atoms with Crippen molar-refractivity contribution in [3.63, 3.8) is 0 Å². The molecular weight excluding hydrogens is 372 g/mol. The molecule has 6 nitrogen and oxygen atoms in total. The van der Waals surface area contributed by atoms with Crippen LogP contribution in [0.5, 0.6) is 0 Å². The summed E-state index contributed by atoms with van der Waals surface area (Å²) in [6, 6.07) is 5.49. The maximum absolute atomic E-state index is 12.5. The summed E-state index contributed by atoms with van der Waals surface area (Å²) in [5, 5.41) is 0. The summed E-state index contributed by atoms with van der Waals surface area (Å²) in [5.41, 5.74) is 1.31. The molecule has 0 amide bonds. The lowest BCUT2D eigenvalue weighted by Gasteiger charge is -2.16. The van der Waals surface area contributed by atoms with Crippen molar-refractivity contribution in [3.05, 3.63) is 35.9 Å². The van der Waals surface area contributed by atoms with Gasteiger partial charge in [0.1, 0.15) is 0 Å². The number of hydrogen-bond acceptors (Lipinski definition) is 4. The molecule has 0 radical (unpaired) electrons. The van der Waals surface area contributed by atoms with Gasteiger partial charge in [-0.3, -0.25) is 0 Å². The molecule has 26 heavy (non-hydrogen) atoms. The molecule has 1 aliphatic carbocycles. The van der Waals surface area contributed by atoms with E-state index in [0.717, 1.165) is 32.1 Å². The van der Waals surface area contributed by atoms with Gasteiger partial charge in [-0.15, -0.1) is 0 Å². The average molecular weight is 399 g/mol. The van der Waals surface area contributed by atoms with Gasteiger partial charge in [-0.2, -0.15) is 4.31 Å². The van der Waals surface area contributed by atoms with Crippen LogP contribution >= 0.6 is 0 Å². The van der Waals surface area contributed by atoms with E-state index < -0.39 is 20.0 Å². The van der Waals surface area contributed by atoms with Crippen molar-refractivity contribution < 1.29 is 16.8 Å². The first-order chi connectivity index (χ1) is 12.4. The molecule has 1 heterocycles. The fraction of sp³-hybridized carbons (Fsp3) is 0.556. The van der Waals surface area contributed by atoms with E-state index in [1.165, 1.54) is 47.0 Å². The Hall–Kier alpha value is -1.22. The largest absolute Gasteiger partial charge is 0.243 e. The highest BCUT2D eigenvalue weighted by Gasteiger charge is 2.27. The summed E-state index contributed by atoms with van der Waals surface area (Å²) in [6.07, 6.45) is 9.17. The molecule has 0 unspecified atom stereocenters. The second-order valence-electron chi connectivity index (χ2n) is 6.84. The maximum Gasteiger partial charge on any atom is 0.243 e. The van der Waals surface area contributed by atoms with E-state index in [2.05, 4.69) is 10.8 Å². The minimum Gasteiger partial charge on any atom is -0.211 e. The summed E-state index contributed by atoms with van der Waals surface area (Å²) >= 11 is 0. The van der Waals surface area contributed by atoms with Crippen molar-refractivity contribution in [3.8, 4) is 0 Å². The van der Waals surface area contributed by atoms with Crippen LogP contribution in [0.4, 0.5) is 0 Å². The highest BCUT2D eigenvalue weighted by Crippen LogP contribution is 2.23. The van der Waals surface area contributed by atoms with Gasteiger partial charge in [0.15, 0.2) is 0 Å². The number of sulfonamides is 2. The molecule has 1 N–H and O–H groups in total. The van der Waals surface area contributed by atoms with Crippen molar-refractivity contribution in [2.24, 2.45) is 0 Å². The molecule has 0 spiro atoms. The van der Waals surface area contributed by atoms with Crippen molar-refractivity contribution in [1.29, 1.82) is 0 Å². The van der Waals surface area contributed by atoms with Crippen LogP contribution in [0.15, 0.2) is 45.7 Å². The van der Waals surface area contributed by atoms with Gasteiger partial charge in [0.05, 0.1) is 9.79 Å². The van der Waals surface area contributed by atoms with Gasteiger partial charge in [-0.25, -0.2) is 21.6 Å². The Morgan fingerprint density at radius 3 is 2.15 bits per heavy atom. The second-order valence-corrected chi connectivity index (χ2v) is 10.5. The monoisotopic (exact) mass is 398 g/mol. The Kier molecular flexibility index (Phi) is 6.17. The van der Waals surface area contributed by atoms with Gasteiger partial charge in [-0.1, -0.05) is 11.6 Å². The molecule has 3 rings (SSSR count). The Morgan fingerprint density at radius 1 is 0.885 bits per heavy atom. The zero-order chi connectivity index (χ0) is 18.6. The molecule has 1 aromatic carbocycles. The van der Waals surface area contributed by atoms with Crippen molar-refractivity contribution in [2.45, 2.75) is 54.7 Å². The number of benzene rings is 1. The average Bonchev–Trinajstić information content (AvgIpc) is 3.18. The quantitative estimate of drug-likeness (QED) is 0.716. The van der Waals surface area contributed by atoms with Crippen LogP contribution in [0.25, 0.3) is 0 Å². The summed E-state index contributed by atoms with van der Waals surface area (Å²) in [7, 11) is -7.15. The van der Waals surface area contributed by atoms with Gasteiger partial charge in [0.2, 0.25) is 20.0 Å². The van der Waals surface area contributed by atoms with Gasteiger partial charge < -0.3 is 0 Å². The fourth-order valence-corrected chi connectivity index (χ4v) is 5.98. The molecule has 0 atom stereocenters. The van der Waals surface area contributed by atoms with E-state index >= 15 is 0 Å². The van der Waals surface area contributed by atoms with Crippen LogP contribution in [0.3, 0.4) is 0 Å². The Bertz CT molecular complexity index is 853. The molecule has 1 aromatic rings. The van der Waals surface area contributed by atoms with Crippen LogP contribution in [-0.2, 0) is 20.0 Å². The predicted molar refractivity (Wildman–Crippen MR) is 101 cm³/mol. The van der Waals surface area contributed by atoms with Gasteiger partial charge >= 0.3 is 0 Å². The lowest BCUT2D eigenvalue weighted by molar-refractivity contribution is 0.477. The summed E-state index contributed by atoms with van der Waals surface area (Å²) in [4.78, 5) is 0.237. The lowest BCUT2D eigenvalue weighted by atomic mass is 9.97. The minimum absolute atomic E-state index is 0.0931. The standard InChI is InChI=1S/C18H26N2O4S2/c21-25(22,19-13-12-16-6-2-1-3-7-16)17-8-10-18(11-9-17)26(23,24)20-14-4-5-15-20/h6,8-11,19H,1-5,7,12-15H2. The number of nitrogens with one attached hydrogen (secondary N) is 1. The van der Waals surface area contributed by atoms with Gasteiger partial charge in [0.25, 0.3) is 0 Å². The van der Waals surface area contributed by atoms with E-state index in [0.29, 0.717) is 19.6 Å². The highest BCUT2D eigenvalue weighted by atomic mass is 32.2. The fourth-order valence-electron chi connectivity index (χ4n) is 3.43. The van der Waals surface area contributed by atoms with E-state index in [9.17, 15) is 16.8 Å². The van der Waals surface area contributed by atoms with Gasteiger partial charge in [0, 0.05) is 19.6 Å². The first kappa shape index (κ1) is 19.5. The van der Waals surface area contributed by atoms with Crippen LogP contribution in [0.2, 0.25) is 0 Å². The molecule has 0 bridgehead atoms. The maximum atomic E-state index is 12.5. The Labute approximate surface area is 156 Å². The smallest absolute Gasteiger partial charge is 0.211 e. The molecular formula is C18H26N2O4S2. The number of hydrogen-bond donors (Lipinski definition) is 1. The molecule has 0 saturated carbocycles. The molecule has 1 fully saturated rings. The van der Waals surface area contributed by atoms with Gasteiger partial charge in [-0.05, 0) is 69.2 Å². The minimum atomic E-state index is -3.63. The Morgan fingerprint density at radius 2 is 1.54 bits per heavy atom. The summed E-state index contributed by atoms with van der Waals surface area (Å²) in [5.74, 6) is 0. The molecule has 8 heteroatoms. The van der Waals surface area contributed by atoms with Crippen LogP contribution in [-0.4, -0.2) is 40.8 Å². The zero-order valence-electron chi connectivity index (χ0n) is 14.9. The molecule has 0 aromatic heterocycles. The third-order valence-corrected chi connectivity index (χ3v) is 8.35. The summed E-state index contributed by atoms with van der Waals surface area (Å²) in [6.45, 7) is 1.42. The number of rotatable bonds is 7. The molecule has 144 valence electrons. The van der Waals surface area contributed by atoms with Crippen molar-refractivity contribution in [1.82, 2.24) is 9.03 Å². The van der Waals surface area contributed by atoms with E-state index in [1.807, 2.05) is 0 Å².